The third kappa shape index (κ3) is 6.05. The minimum atomic E-state index is 0.0589. The molecule has 180 valence electrons. The van der Waals surface area contributed by atoms with Gasteiger partial charge in [-0.15, -0.1) is 0 Å². The summed E-state index contributed by atoms with van der Waals surface area (Å²) in [5.41, 5.74) is 0.884. The number of aromatic nitrogens is 2. The maximum Gasteiger partial charge on any atom is 0.324 e. The smallest absolute Gasteiger partial charge is 0.324 e. The number of amides is 1. The second-order valence-electron chi connectivity index (χ2n) is 9.13. The van der Waals surface area contributed by atoms with Gasteiger partial charge in [0, 0.05) is 43.7 Å². The molecule has 2 fully saturated rings. The number of ether oxygens (including phenoxy) is 1. The molecule has 33 heavy (non-hydrogen) atoms. The molecule has 1 atom stereocenters. The molecular weight excluding hydrogens is 418 g/mol. The summed E-state index contributed by atoms with van der Waals surface area (Å²) in [5.74, 6) is 1.60. The molecule has 2 aromatic rings. The van der Waals surface area contributed by atoms with Crippen LogP contribution >= 0.6 is 0 Å². The zero-order valence-electron chi connectivity index (χ0n) is 20.0. The van der Waals surface area contributed by atoms with Crippen LogP contribution in [0, 0.1) is 5.92 Å². The topological polar surface area (TPSA) is 83.7 Å². The van der Waals surface area contributed by atoms with Gasteiger partial charge in [0.2, 0.25) is 11.7 Å². The Bertz CT molecular complexity index is 876. The van der Waals surface area contributed by atoms with Crippen LogP contribution in [0.15, 0.2) is 28.8 Å². The lowest BCUT2D eigenvalue weighted by Gasteiger charge is -2.35. The molecule has 0 spiro atoms. The highest BCUT2D eigenvalue weighted by Gasteiger charge is 2.27. The number of nitrogens with one attached hydrogen (secondary N) is 1. The van der Waals surface area contributed by atoms with Crippen LogP contribution in [0.5, 0.6) is 5.75 Å². The minimum Gasteiger partial charge on any atom is -0.497 e. The predicted molar refractivity (Wildman–Crippen MR) is 128 cm³/mol. The fourth-order valence-corrected chi connectivity index (χ4v) is 4.99. The van der Waals surface area contributed by atoms with E-state index in [1.54, 1.807) is 7.11 Å². The molecule has 0 aliphatic carbocycles. The molecule has 4 rings (SSSR count). The number of carbonyl (C=O) groups is 1. The molecule has 0 saturated carbocycles. The molecule has 0 bridgehead atoms. The van der Waals surface area contributed by atoms with E-state index in [0.717, 1.165) is 62.8 Å². The van der Waals surface area contributed by atoms with Crippen molar-refractivity contribution in [2.24, 2.45) is 5.92 Å². The van der Waals surface area contributed by atoms with Crippen molar-refractivity contribution in [1.82, 2.24) is 20.4 Å². The first-order valence-electron chi connectivity index (χ1n) is 12.4. The lowest BCUT2D eigenvalue weighted by Crippen LogP contribution is -2.42. The Kier molecular flexibility index (Phi) is 8.20. The van der Waals surface area contributed by atoms with Crippen molar-refractivity contribution >= 4 is 11.9 Å². The lowest BCUT2D eigenvalue weighted by atomic mass is 9.96. The predicted octanol–water partition coefficient (Wildman–Crippen LogP) is 3.73. The normalized spacial score (nSPS) is 20.1. The standard InChI is InChI=1S/C25H37N5O3/c1-3-21-7-4-5-15-29(21)16-6-14-26-24(31)20-12-17-30(18-13-20)25-27-23(28-33-25)19-8-10-22(32-2)11-9-19/h8-11,20-21H,3-7,12-18H2,1-2H3,(H,26,31). The molecule has 2 aliphatic rings. The van der Waals surface area contributed by atoms with Crippen molar-refractivity contribution in [2.45, 2.75) is 57.9 Å². The van der Waals surface area contributed by atoms with Crippen LogP contribution in [-0.4, -0.2) is 66.8 Å². The van der Waals surface area contributed by atoms with Gasteiger partial charge in [-0.25, -0.2) is 0 Å². The average molecular weight is 456 g/mol. The minimum absolute atomic E-state index is 0.0589. The number of hydrogen-bond donors (Lipinski definition) is 1. The monoisotopic (exact) mass is 455 g/mol. The molecule has 3 heterocycles. The number of carbonyl (C=O) groups excluding carboxylic acids is 1. The van der Waals surface area contributed by atoms with Crippen molar-refractivity contribution in [3.05, 3.63) is 24.3 Å². The Hall–Kier alpha value is -2.61. The van der Waals surface area contributed by atoms with E-state index >= 15 is 0 Å². The van der Waals surface area contributed by atoms with Crippen LogP contribution in [-0.2, 0) is 4.79 Å². The van der Waals surface area contributed by atoms with Crippen molar-refractivity contribution in [1.29, 1.82) is 0 Å². The first kappa shape index (κ1) is 23.5. The Morgan fingerprint density at radius 3 is 2.67 bits per heavy atom. The fourth-order valence-electron chi connectivity index (χ4n) is 4.99. The van der Waals surface area contributed by atoms with Gasteiger partial charge in [0.1, 0.15) is 5.75 Å². The summed E-state index contributed by atoms with van der Waals surface area (Å²) in [6.45, 7) is 6.83. The number of likely N-dealkylation sites (tertiary alicyclic amines) is 1. The van der Waals surface area contributed by atoms with Gasteiger partial charge in [0.15, 0.2) is 0 Å². The number of hydrogen-bond acceptors (Lipinski definition) is 7. The van der Waals surface area contributed by atoms with E-state index in [-0.39, 0.29) is 11.8 Å². The van der Waals surface area contributed by atoms with Crippen LogP contribution in [0.2, 0.25) is 0 Å². The van der Waals surface area contributed by atoms with Crippen LogP contribution in [0.25, 0.3) is 11.4 Å². The highest BCUT2D eigenvalue weighted by atomic mass is 16.5. The van der Waals surface area contributed by atoms with Gasteiger partial charge >= 0.3 is 6.01 Å². The Morgan fingerprint density at radius 2 is 1.94 bits per heavy atom. The Morgan fingerprint density at radius 1 is 1.15 bits per heavy atom. The largest absolute Gasteiger partial charge is 0.497 e. The fraction of sp³-hybridized carbons (Fsp3) is 0.640. The van der Waals surface area contributed by atoms with Gasteiger partial charge in [0.05, 0.1) is 7.11 Å². The van der Waals surface area contributed by atoms with E-state index in [9.17, 15) is 4.79 Å². The molecule has 1 aromatic carbocycles. The molecular formula is C25H37N5O3. The first-order chi connectivity index (χ1) is 16.2. The molecule has 1 aromatic heterocycles. The first-order valence-corrected chi connectivity index (χ1v) is 12.4. The van der Waals surface area contributed by atoms with E-state index in [2.05, 4.69) is 32.2 Å². The van der Waals surface area contributed by atoms with Crippen molar-refractivity contribution in [3.63, 3.8) is 0 Å². The number of nitrogens with zero attached hydrogens (tertiary/aromatic N) is 4. The quantitative estimate of drug-likeness (QED) is 0.577. The third-order valence-corrected chi connectivity index (χ3v) is 7.04. The molecule has 8 nitrogen and oxygen atoms in total. The molecule has 2 aliphatic heterocycles. The lowest BCUT2D eigenvalue weighted by molar-refractivity contribution is -0.125. The highest BCUT2D eigenvalue weighted by Crippen LogP contribution is 2.26. The number of rotatable bonds is 9. The Balaban J connectivity index is 1.19. The van der Waals surface area contributed by atoms with Gasteiger partial charge < -0.3 is 24.4 Å². The van der Waals surface area contributed by atoms with Crippen LogP contribution < -0.4 is 15.0 Å². The van der Waals surface area contributed by atoms with E-state index in [0.29, 0.717) is 11.8 Å². The summed E-state index contributed by atoms with van der Waals surface area (Å²) >= 11 is 0. The second-order valence-corrected chi connectivity index (χ2v) is 9.13. The molecule has 1 N–H and O–H groups in total. The van der Waals surface area contributed by atoms with Crippen LogP contribution in [0.4, 0.5) is 6.01 Å². The van der Waals surface area contributed by atoms with E-state index < -0.39 is 0 Å². The summed E-state index contributed by atoms with van der Waals surface area (Å²) < 4.78 is 10.7. The van der Waals surface area contributed by atoms with Gasteiger partial charge in [-0.05, 0) is 69.3 Å². The van der Waals surface area contributed by atoms with Crippen LogP contribution in [0.3, 0.4) is 0 Å². The average Bonchev–Trinajstić information content (AvgIpc) is 3.37. The second kappa shape index (κ2) is 11.5. The summed E-state index contributed by atoms with van der Waals surface area (Å²) in [6, 6.07) is 8.84. The number of piperidine rings is 2. The third-order valence-electron chi connectivity index (χ3n) is 7.04. The number of methoxy groups -OCH3 is 1. The number of anilines is 1. The van der Waals surface area contributed by atoms with E-state index in [1.807, 2.05) is 24.3 Å². The Labute approximate surface area is 196 Å². The van der Waals surface area contributed by atoms with Crippen LogP contribution in [0.1, 0.15) is 51.9 Å². The summed E-state index contributed by atoms with van der Waals surface area (Å²) in [4.78, 5) is 21.9. The maximum atomic E-state index is 12.6. The highest BCUT2D eigenvalue weighted by molar-refractivity contribution is 5.78. The molecule has 1 unspecified atom stereocenters. The molecule has 8 heteroatoms. The zero-order chi connectivity index (χ0) is 23.0. The number of benzene rings is 1. The molecule has 1 amide bonds. The summed E-state index contributed by atoms with van der Waals surface area (Å²) in [7, 11) is 1.64. The van der Waals surface area contributed by atoms with Gasteiger partial charge in [0.25, 0.3) is 0 Å². The van der Waals surface area contributed by atoms with Gasteiger partial charge in [-0.3, -0.25) is 4.79 Å². The summed E-state index contributed by atoms with van der Waals surface area (Å²) in [6.07, 6.45) is 7.85. The van der Waals surface area contributed by atoms with Crippen molar-refractivity contribution in [2.75, 3.05) is 44.7 Å². The summed E-state index contributed by atoms with van der Waals surface area (Å²) in [5, 5.41) is 7.29. The van der Waals surface area contributed by atoms with E-state index in [4.69, 9.17) is 9.26 Å². The van der Waals surface area contributed by atoms with Gasteiger partial charge in [-0.2, -0.15) is 4.98 Å². The van der Waals surface area contributed by atoms with E-state index in [1.165, 1.54) is 32.2 Å². The van der Waals surface area contributed by atoms with Gasteiger partial charge in [-0.1, -0.05) is 18.5 Å². The molecule has 0 radical (unpaired) electrons. The maximum absolute atomic E-state index is 12.6. The zero-order valence-corrected chi connectivity index (χ0v) is 20.0. The van der Waals surface area contributed by atoms with Crippen molar-refractivity contribution in [3.8, 4) is 17.1 Å². The van der Waals surface area contributed by atoms with Crippen molar-refractivity contribution < 1.29 is 14.1 Å². The molecule has 2 saturated heterocycles. The SMILES string of the molecule is CCC1CCCCN1CCCNC(=O)C1CCN(c2nc(-c3ccc(OC)cc3)no2)CC1.